The van der Waals surface area contributed by atoms with E-state index >= 15 is 0 Å². The Morgan fingerprint density at radius 3 is 3.06 bits per heavy atom. The van der Waals surface area contributed by atoms with Crippen LogP contribution in [0.25, 0.3) is 0 Å². The van der Waals surface area contributed by atoms with Gasteiger partial charge in [-0.05, 0) is 18.6 Å². The third-order valence-electron chi connectivity index (χ3n) is 2.22. The van der Waals surface area contributed by atoms with Crippen LogP contribution in [0.2, 0.25) is 5.02 Å². The largest absolute Gasteiger partial charge is 0.368 e. The van der Waals surface area contributed by atoms with Crippen molar-refractivity contribution >= 4 is 17.4 Å². The number of aryl methyl sites for hydroxylation is 1. The summed E-state index contributed by atoms with van der Waals surface area (Å²) < 4.78 is 15.2. The van der Waals surface area contributed by atoms with Crippen LogP contribution in [0.1, 0.15) is 6.42 Å². The molecule has 2 rings (SSSR count). The fourth-order valence-corrected chi connectivity index (χ4v) is 1.57. The van der Waals surface area contributed by atoms with Crippen molar-refractivity contribution in [3.05, 3.63) is 41.6 Å². The van der Waals surface area contributed by atoms with Crippen molar-refractivity contribution in [2.75, 3.05) is 11.9 Å². The Bertz CT molecular complexity index is 472. The smallest absolute Gasteiger partial charge is 0.166 e. The molecule has 0 fully saturated rings. The number of pyridine rings is 1. The van der Waals surface area contributed by atoms with Crippen LogP contribution >= 0.6 is 11.6 Å². The van der Waals surface area contributed by atoms with Crippen LogP contribution < -0.4 is 5.32 Å². The second-order valence-corrected chi connectivity index (χ2v) is 3.97. The predicted molar refractivity (Wildman–Crippen MR) is 64.5 cm³/mol. The highest BCUT2D eigenvalue weighted by Crippen LogP contribution is 2.15. The molecule has 0 aliphatic carbocycles. The second-order valence-electron chi connectivity index (χ2n) is 3.53. The minimum Gasteiger partial charge on any atom is -0.368 e. The Kier molecular flexibility index (Phi) is 3.93. The van der Waals surface area contributed by atoms with Gasteiger partial charge in [0.25, 0.3) is 0 Å². The van der Waals surface area contributed by atoms with Gasteiger partial charge in [-0.15, -0.1) is 0 Å². The van der Waals surface area contributed by atoms with Gasteiger partial charge in [0.1, 0.15) is 0 Å². The number of halogens is 2. The Balaban J connectivity index is 1.78. The van der Waals surface area contributed by atoms with Crippen LogP contribution in [0, 0.1) is 5.82 Å². The van der Waals surface area contributed by atoms with Crippen molar-refractivity contribution in [2.45, 2.75) is 13.0 Å². The summed E-state index contributed by atoms with van der Waals surface area (Å²) in [7, 11) is 0. The summed E-state index contributed by atoms with van der Waals surface area (Å²) in [4.78, 5) is 3.87. The summed E-state index contributed by atoms with van der Waals surface area (Å²) in [5, 5.41) is 7.28. The molecule has 0 saturated heterocycles. The maximum atomic E-state index is 13.3. The molecule has 2 aromatic heterocycles. The molecule has 0 amide bonds. The van der Waals surface area contributed by atoms with Crippen molar-refractivity contribution in [1.29, 1.82) is 0 Å². The van der Waals surface area contributed by atoms with E-state index in [-0.39, 0.29) is 5.82 Å². The Morgan fingerprint density at radius 2 is 2.35 bits per heavy atom. The standard InChI is InChI=1S/C11H12ClFN4/c12-9-7-10(13)11(15-8-9)14-3-1-5-17-6-2-4-16-17/h2,4,6-8H,1,3,5H2,(H,14,15). The molecule has 2 heterocycles. The van der Waals surface area contributed by atoms with Crippen LogP contribution in [0.15, 0.2) is 30.7 Å². The molecule has 2 aromatic rings. The fraction of sp³-hybridized carbons (Fsp3) is 0.273. The molecule has 0 saturated carbocycles. The van der Waals surface area contributed by atoms with Crippen molar-refractivity contribution < 1.29 is 4.39 Å². The molecule has 0 unspecified atom stereocenters. The van der Waals surface area contributed by atoms with Gasteiger partial charge in [0.2, 0.25) is 0 Å². The number of aromatic nitrogens is 3. The van der Waals surface area contributed by atoms with E-state index in [1.54, 1.807) is 6.20 Å². The number of nitrogens with one attached hydrogen (secondary N) is 1. The number of hydrogen-bond donors (Lipinski definition) is 1. The van der Waals surface area contributed by atoms with Gasteiger partial charge in [-0.25, -0.2) is 9.37 Å². The Hall–Kier alpha value is -1.62. The minimum atomic E-state index is -0.434. The molecule has 0 aliphatic heterocycles. The second kappa shape index (κ2) is 5.63. The first-order valence-electron chi connectivity index (χ1n) is 5.28. The summed E-state index contributed by atoms with van der Waals surface area (Å²) in [5.41, 5.74) is 0. The maximum absolute atomic E-state index is 13.3. The van der Waals surface area contributed by atoms with Gasteiger partial charge in [-0.2, -0.15) is 5.10 Å². The van der Waals surface area contributed by atoms with Gasteiger partial charge < -0.3 is 5.32 Å². The van der Waals surface area contributed by atoms with E-state index in [9.17, 15) is 4.39 Å². The Morgan fingerprint density at radius 1 is 1.47 bits per heavy atom. The average Bonchev–Trinajstić information content (AvgIpc) is 2.79. The minimum absolute atomic E-state index is 0.231. The van der Waals surface area contributed by atoms with Crippen LogP contribution in [-0.4, -0.2) is 21.3 Å². The van der Waals surface area contributed by atoms with Crippen LogP contribution in [0.4, 0.5) is 10.2 Å². The summed E-state index contributed by atoms with van der Waals surface area (Å²) >= 11 is 5.60. The fourth-order valence-electron chi connectivity index (χ4n) is 1.43. The zero-order valence-corrected chi connectivity index (χ0v) is 9.86. The third-order valence-corrected chi connectivity index (χ3v) is 2.43. The lowest BCUT2D eigenvalue weighted by Crippen LogP contribution is -2.09. The molecule has 17 heavy (non-hydrogen) atoms. The highest BCUT2D eigenvalue weighted by molar-refractivity contribution is 6.30. The summed E-state index contributed by atoms with van der Waals surface area (Å²) in [6, 6.07) is 3.11. The van der Waals surface area contributed by atoms with Crippen LogP contribution in [0.3, 0.4) is 0 Å². The van der Waals surface area contributed by atoms with E-state index in [1.165, 1.54) is 12.3 Å². The monoisotopic (exact) mass is 254 g/mol. The topological polar surface area (TPSA) is 42.7 Å². The third kappa shape index (κ3) is 3.42. The maximum Gasteiger partial charge on any atom is 0.166 e. The van der Waals surface area contributed by atoms with E-state index in [1.807, 2.05) is 16.9 Å². The number of hydrogen-bond acceptors (Lipinski definition) is 3. The normalized spacial score (nSPS) is 10.5. The first-order valence-corrected chi connectivity index (χ1v) is 5.66. The van der Waals surface area contributed by atoms with Crippen molar-refractivity contribution in [1.82, 2.24) is 14.8 Å². The van der Waals surface area contributed by atoms with E-state index in [0.717, 1.165) is 13.0 Å². The zero-order valence-electron chi connectivity index (χ0n) is 9.11. The van der Waals surface area contributed by atoms with E-state index in [2.05, 4.69) is 15.4 Å². The van der Waals surface area contributed by atoms with Gasteiger partial charge in [0.05, 0.1) is 5.02 Å². The highest BCUT2D eigenvalue weighted by Gasteiger charge is 2.03. The molecule has 0 bridgehead atoms. The van der Waals surface area contributed by atoms with Crippen LogP contribution in [0.5, 0.6) is 0 Å². The molecular weight excluding hydrogens is 243 g/mol. The van der Waals surface area contributed by atoms with Crippen molar-refractivity contribution in [2.24, 2.45) is 0 Å². The molecule has 0 radical (unpaired) electrons. The number of nitrogens with zero attached hydrogens (tertiary/aromatic N) is 3. The average molecular weight is 255 g/mol. The quantitative estimate of drug-likeness (QED) is 0.834. The lowest BCUT2D eigenvalue weighted by molar-refractivity contribution is 0.587. The molecule has 4 nitrogen and oxygen atoms in total. The molecule has 0 aliphatic rings. The number of rotatable bonds is 5. The van der Waals surface area contributed by atoms with Crippen LogP contribution in [-0.2, 0) is 6.54 Å². The zero-order chi connectivity index (χ0) is 12.1. The van der Waals surface area contributed by atoms with E-state index in [0.29, 0.717) is 11.6 Å². The van der Waals surface area contributed by atoms with Crippen molar-refractivity contribution in [3.8, 4) is 0 Å². The van der Waals surface area contributed by atoms with Gasteiger partial charge in [-0.1, -0.05) is 11.6 Å². The molecule has 90 valence electrons. The van der Waals surface area contributed by atoms with E-state index in [4.69, 9.17) is 11.6 Å². The van der Waals surface area contributed by atoms with Gasteiger partial charge >= 0.3 is 0 Å². The first-order chi connectivity index (χ1) is 8.25. The van der Waals surface area contributed by atoms with Gasteiger partial charge in [0.15, 0.2) is 11.6 Å². The molecule has 0 spiro atoms. The van der Waals surface area contributed by atoms with Crippen molar-refractivity contribution in [3.63, 3.8) is 0 Å². The van der Waals surface area contributed by atoms with Gasteiger partial charge in [0, 0.05) is 31.7 Å². The molecular formula is C11H12ClFN4. The molecule has 1 N–H and O–H groups in total. The van der Waals surface area contributed by atoms with E-state index < -0.39 is 5.82 Å². The Labute approximate surface area is 103 Å². The summed E-state index contributed by atoms with van der Waals surface area (Å²) in [5.74, 6) is -0.202. The lowest BCUT2D eigenvalue weighted by atomic mass is 10.4. The SMILES string of the molecule is Fc1cc(Cl)cnc1NCCCn1cccn1. The highest BCUT2D eigenvalue weighted by atomic mass is 35.5. The van der Waals surface area contributed by atoms with Gasteiger partial charge in [-0.3, -0.25) is 4.68 Å². The summed E-state index contributed by atoms with van der Waals surface area (Å²) in [6.07, 6.45) is 5.88. The first kappa shape index (κ1) is 11.9. The molecule has 0 atom stereocenters. The lowest BCUT2D eigenvalue weighted by Gasteiger charge is -2.06. The molecule has 6 heteroatoms. The number of anilines is 1. The molecule has 0 aromatic carbocycles. The summed E-state index contributed by atoms with van der Waals surface area (Å²) in [6.45, 7) is 1.42. The predicted octanol–water partition coefficient (Wildman–Crippen LogP) is 2.57.